The number of carbonyl (C=O) groups excluding carboxylic acids is 1. The Hall–Kier alpha value is -0.450. The minimum absolute atomic E-state index is 0. The minimum atomic E-state index is 0. The predicted octanol–water partition coefficient (Wildman–Crippen LogP) is -3.91. The molecule has 0 saturated heterocycles. The molecule has 5 N–H and O–H groups in total. The molecule has 0 aliphatic heterocycles. The van der Waals surface area contributed by atoms with E-state index >= 15 is 0 Å². The normalized spacial score (nSPS) is 9.88. The first kappa shape index (κ1) is 10.5. The van der Waals surface area contributed by atoms with Crippen LogP contribution in [0.1, 0.15) is 6.92 Å². The van der Waals surface area contributed by atoms with Gasteiger partial charge in [-0.15, -0.1) is 0 Å². The number of rotatable bonds is 1. The molecule has 0 heterocycles. The van der Waals surface area contributed by atoms with Crippen molar-refractivity contribution in [1.29, 1.82) is 0 Å². The summed E-state index contributed by atoms with van der Waals surface area (Å²) in [4.78, 5) is 0. The first-order valence-electron chi connectivity index (χ1n) is 2.04. The van der Waals surface area contributed by atoms with Crippen molar-refractivity contribution in [3.05, 3.63) is 0 Å². The fourth-order valence-corrected chi connectivity index (χ4v) is 0.216. The van der Waals surface area contributed by atoms with Gasteiger partial charge in [-0.1, -0.05) is 10.4 Å². The van der Waals surface area contributed by atoms with Crippen molar-refractivity contribution < 1.29 is 21.5 Å². The highest BCUT2D eigenvalue weighted by Gasteiger charge is 1.96. The van der Waals surface area contributed by atoms with Crippen molar-refractivity contribution in [3.63, 3.8) is 0 Å². The number of urea groups is 1. The first-order chi connectivity index (χ1) is 3.31. The third kappa shape index (κ3) is 5.55. The Morgan fingerprint density at radius 3 is 2.38 bits per heavy atom. The Bertz CT molecular complexity index is 74.9. The highest BCUT2D eigenvalue weighted by Crippen LogP contribution is 1.57. The van der Waals surface area contributed by atoms with Gasteiger partial charge in [0.15, 0.2) is 0 Å². The Kier molecular flexibility index (Phi) is 8.61. The molecule has 8 heavy (non-hydrogen) atoms. The number of nitrogens with two attached hydrogens (primary N) is 2. The highest BCUT2D eigenvalue weighted by atomic mass is 79.9. The molecule has 0 aliphatic rings. The molecule has 0 aromatic rings. The lowest BCUT2D eigenvalue weighted by molar-refractivity contribution is -0.145. The van der Waals surface area contributed by atoms with E-state index in [0.29, 0.717) is 0 Å². The molecule has 0 aromatic carbocycles. The van der Waals surface area contributed by atoms with E-state index in [9.17, 15) is 0 Å². The second-order valence-electron chi connectivity index (χ2n) is 1.01. The zero-order valence-corrected chi connectivity index (χ0v) is 6.23. The molecule has 2 amide bonds. The predicted molar refractivity (Wildman–Crippen MR) is 27.4 cm³/mol. The van der Waals surface area contributed by atoms with Gasteiger partial charge in [0.05, 0.1) is 0 Å². The van der Waals surface area contributed by atoms with Crippen LogP contribution in [0.25, 0.3) is 0 Å². The van der Waals surface area contributed by atoms with Crippen molar-refractivity contribution >= 4 is 6.03 Å². The van der Waals surface area contributed by atoms with Gasteiger partial charge in [-0.3, -0.25) is 11.1 Å². The molecule has 0 rings (SSSR count). The molecule has 0 atom stereocenters. The highest BCUT2D eigenvalue weighted by molar-refractivity contribution is 5.71. The molecule has 4 nitrogen and oxygen atoms in total. The van der Waals surface area contributed by atoms with E-state index in [2.05, 4.69) is 15.7 Å². The van der Waals surface area contributed by atoms with Crippen LogP contribution >= 0.6 is 0 Å². The summed E-state index contributed by atoms with van der Waals surface area (Å²) in [5.74, 6) is 4.63. The monoisotopic (exact) mass is 183 g/mol. The van der Waals surface area contributed by atoms with Crippen LogP contribution in [0.15, 0.2) is 0 Å². The van der Waals surface area contributed by atoms with E-state index < -0.39 is 0 Å². The standard InChI is InChI=1S/C3H10N3O.BrH/c1-2-6-3(4)7-5;/h6H,2,4-5H2,1H3;1H/q+1;/p-1. The van der Waals surface area contributed by atoms with E-state index in [1.54, 1.807) is 0 Å². The van der Waals surface area contributed by atoms with Crippen molar-refractivity contribution in [1.82, 2.24) is 5.32 Å². The van der Waals surface area contributed by atoms with Gasteiger partial charge in [-0.2, -0.15) is 0 Å². The summed E-state index contributed by atoms with van der Waals surface area (Å²) in [6.45, 7) is 2.62. The lowest BCUT2D eigenvalue weighted by Gasteiger charge is -1.83. The topological polar surface area (TPSA) is 75.4 Å². The largest absolute Gasteiger partial charge is 1.00 e. The van der Waals surface area contributed by atoms with Crippen LogP contribution in [0.3, 0.4) is 0 Å². The van der Waals surface area contributed by atoms with Crippen molar-refractivity contribution in [2.45, 2.75) is 6.92 Å². The average Bonchev–Trinajstić information content (AvgIpc) is 1.68. The number of amides is 2. The van der Waals surface area contributed by atoms with Crippen molar-refractivity contribution in [2.24, 2.45) is 11.6 Å². The van der Waals surface area contributed by atoms with Gasteiger partial charge >= 0.3 is 6.03 Å². The molecule has 0 saturated carbocycles. The molecule has 0 radical (unpaired) electrons. The fourth-order valence-electron chi connectivity index (χ4n) is 0.216. The molecule has 0 unspecified atom stereocenters. The van der Waals surface area contributed by atoms with Crippen molar-refractivity contribution in [2.75, 3.05) is 6.54 Å². The van der Waals surface area contributed by atoms with Gasteiger partial charge in [0.2, 0.25) is 0 Å². The molecule has 0 fully saturated rings. The summed E-state index contributed by atoms with van der Waals surface area (Å²) < 4.78 is 4.07. The Labute approximate surface area is 58.6 Å². The molecule has 0 aliphatic carbocycles. The smallest absolute Gasteiger partial charge is 0.544 e. The first-order valence-corrected chi connectivity index (χ1v) is 2.04. The Balaban J connectivity index is 0. The Morgan fingerprint density at radius 1 is 1.75 bits per heavy atom. The van der Waals surface area contributed by atoms with Gasteiger partial charge < -0.3 is 17.0 Å². The zero-order valence-electron chi connectivity index (χ0n) is 4.65. The number of halogens is 1. The Morgan fingerprint density at radius 2 is 2.25 bits per heavy atom. The number of nitrogens with one attached hydrogen (secondary N) is 1. The average molecular weight is 184 g/mol. The lowest BCUT2D eigenvalue weighted by atomic mass is 10.7. The quantitative estimate of drug-likeness (QED) is 0.282. The maximum absolute atomic E-state index is 5.04. The number of hydrogen-bond donors (Lipinski definition) is 3. The second kappa shape index (κ2) is 6.55. The molecule has 0 bridgehead atoms. The SMILES string of the molecule is CCNC(N)=[O+]N.[Br-]. The second-order valence-corrected chi connectivity index (χ2v) is 1.01. The molecule has 5 heteroatoms. The zero-order chi connectivity index (χ0) is 5.70. The van der Waals surface area contributed by atoms with Gasteiger partial charge in [0, 0.05) is 6.54 Å². The van der Waals surface area contributed by atoms with E-state index in [1.807, 2.05) is 6.92 Å². The van der Waals surface area contributed by atoms with Gasteiger partial charge in [0.1, 0.15) is 0 Å². The molecule has 0 aromatic heterocycles. The van der Waals surface area contributed by atoms with Crippen LogP contribution in [0, 0.1) is 0 Å². The van der Waals surface area contributed by atoms with E-state index in [4.69, 9.17) is 5.73 Å². The van der Waals surface area contributed by atoms with Crippen LogP contribution in [0.2, 0.25) is 0 Å². The van der Waals surface area contributed by atoms with Crippen LogP contribution in [-0.2, 0) is 0 Å². The van der Waals surface area contributed by atoms with Gasteiger partial charge in [-0.25, -0.2) is 0 Å². The summed E-state index contributed by atoms with van der Waals surface area (Å²) in [5.41, 5.74) is 5.04. The van der Waals surface area contributed by atoms with Gasteiger partial charge in [0.25, 0.3) is 0 Å². The summed E-state index contributed by atoms with van der Waals surface area (Å²) >= 11 is 0. The van der Waals surface area contributed by atoms with Crippen molar-refractivity contribution in [3.8, 4) is 0 Å². The van der Waals surface area contributed by atoms with Crippen LogP contribution < -0.4 is 33.9 Å². The van der Waals surface area contributed by atoms with E-state index in [-0.39, 0.29) is 23.0 Å². The maximum atomic E-state index is 5.04. The summed E-state index contributed by atoms with van der Waals surface area (Å²) in [5, 5.41) is 2.64. The van der Waals surface area contributed by atoms with Crippen LogP contribution in [0.5, 0.6) is 0 Å². The summed E-state index contributed by atoms with van der Waals surface area (Å²) in [6, 6.07) is 0.155. The molecule has 50 valence electrons. The number of hydrogen-bond acceptors (Lipinski definition) is 1. The minimum Gasteiger partial charge on any atom is -1.00 e. The molecular weight excluding hydrogens is 174 g/mol. The molecular formula is C3H10BrN3O. The fraction of sp³-hybridized carbons (Fsp3) is 0.667. The van der Waals surface area contributed by atoms with E-state index in [0.717, 1.165) is 6.54 Å². The summed E-state index contributed by atoms with van der Waals surface area (Å²) in [6.07, 6.45) is 0. The van der Waals surface area contributed by atoms with E-state index in [1.165, 1.54) is 0 Å². The maximum Gasteiger partial charge on any atom is 0.544 e. The van der Waals surface area contributed by atoms with Crippen LogP contribution in [-0.4, -0.2) is 12.6 Å². The third-order valence-electron chi connectivity index (χ3n) is 0.478. The summed E-state index contributed by atoms with van der Waals surface area (Å²) in [7, 11) is 0. The van der Waals surface area contributed by atoms with Gasteiger partial charge in [-0.05, 0) is 6.92 Å². The third-order valence-corrected chi connectivity index (χ3v) is 0.478. The molecule has 0 spiro atoms. The number of primary amides is 1. The van der Waals surface area contributed by atoms with Crippen LogP contribution in [0.4, 0.5) is 4.53 Å². The lowest BCUT2D eigenvalue weighted by Crippen LogP contribution is -3.00.